The van der Waals surface area contributed by atoms with Crippen LogP contribution in [0.25, 0.3) is 0 Å². The number of hydrogen-bond acceptors (Lipinski definition) is 1. The van der Waals surface area contributed by atoms with E-state index < -0.39 is 0 Å². The zero-order valence-corrected chi connectivity index (χ0v) is 22.2. The molecule has 4 heteroatoms. The van der Waals surface area contributed by atoms with Crippen LogP contribution in [0.1, 0.15) is 116 Å². The van der Waals surface area contributed by atoms with Gasteiger partial charge in [-0.2, -0.15) is 0 Å². The van der Waals surface area contributed by atoms with Gasteiger partial charge in [-0.1, -0.05) is 96.8 Å². The van der Waals surface area contributed by atoms with Gasteiger partial charge in [0.05, 0.1) is 33.7 Å². The van der Waals surface area contributed by atoms with Crippen molar-refractivity contribution in [3.8, 4) is 0 Å². The van der Waals surface area contributed by atoms with Gasteiger partial charge < -0.3 is 33.4 Å². The van der Waals surface area contributed by atoms with Gasteiger partial charge >= 0.3 is 0 Å². The van der Waals surface area contributed by atoms with Crippen LogP contribution in [0.4, 0.5) is 0 Å². The van der Waals surface area contributed by atoms with Crippen LogP contribution in [0.2, 0.25) is 0 Å². The number of unbranched alkanes of at least 4 members (excludes halogenated alkanes) is 14. The highest BCUT2D eigenvalue weighted by Crippen LogP contribution is 2.15. The van der Waals surface area contributed by atoms with Crippen molar-refractivity contribution < 1.29 is 33.3 Å². The van der Waals surface area contributed by atoms with Gasteiger partial charge in [0.25, 0.3) is 0 Å². The van der Waals surface area contributed by atoms with Gasteiger partial charge in [-0.3, -0.25) is 4.79 Å². The normalized spacial score (nSPS) is 16.3. The summed E-state index contributed by atoms with van der Waals surface area (Å²) in [6.07, 6.45) is 22.6. The van der Waals surface area contributed by atoms with E-state index in [1.807, 2.05) is 0 Å². The predicted molar refractivity (Wildman–Crippen MR) is 123 cm³/mol. The molecule has 0 atom stereocenters. The van der Waals surface area contributed by atoms with E-state index in [-0.39, 0.29) is 24.0 Å². The Morgan fingerprint density at radius 2 is 1.14 bits per heavy atom. The van der Waals surface area contributed by atoms with Crippen molar-refractivity contribution in [2.75, 3.05) is 40.3 Å². The molecule has 29 heavy (non-hydrogen) atoms. The quantitative estimate of drug-likeness (QED) is 0.173. The van der Waals surface area contributed by atoms with E-state index >= 15 is 0 Å². The molecule has 3 nitrogen and oxygen atoms in total. The summed E-state index contributed by atoms with van der Waals surface area (Å²) < 4.78 is 1.06. The molecular weight excluding hydrogens is 471 g/mol. The molecule has 1 aliphatic heterocycles. The van der Waals surface area contributed by atoms with Crippen molar-refractivity contribution in [3.63, 3.8) is 0 Å². The zero-order chi connectivity index (χ0) is 20.5. The fraction of sp³-hybridized carbons (Fsp3) is 0.960. The van der Waals surface area contributed by atoms with Gasteiger partial charge in [-0.05, 0) is 6.42 Å². The first-order valence-corrected chi connectivity index (χ1v) is 12.6. The van der Waals surface area contributed by atoms with Crippen molar-refractivity contribution in [2.24, 2.45) is 0 Å². The van der Waals surface area contributed by atoms with Gasteiger partial charge in [0, 0.05) is 19.4 Å². The smallest absolute Gasteiger partial charge is 0.222 e. The second kappa shape index (κ2) is 18.9. The molecule has 0 N–H and O–H groups in total. The molecule has 0 aromatic rings. The molecule has 0 radical (unpaired) electrons. The molecule has 174 valence electrons. The maximum Gasteiger partial charge on any atom is 0.222 e. The minimum Gasteiger partial charge on any atom is -1.00 e. The summed E-state index contributed by atoms with van der Waals surface area (Å²) in [4.78, 5) is 14.5. The van der Waals surface area contributed by atoms with E-state index in [0.29, 0.717) is 5.91 Å². The lowest BCUT2D eigenvalue weighted by molar-refractivity contribution is -0.888. The number of rotatable bonds is 16. The van der Waals surface area contributed by atoms with Crippen molar-refractivity contribution in [3.05, 3.63) is 0 Å². The summed E-state index contributed by atoms with van der Waals surface area (Å²) >= 11 is 0. The summed E-state index contributed by atoms with van der Waals surface area (Å²) in [7, 11) is 4.56. The Morgan fingerprint density at radius 1 is 0.690 bits per heavy atom. The van der Waals surface area contributed by atoms with E-state index in [2.05, 4.69) is 25.9 Å². The third kappa shape index (κ3) is 16.5. The van der Waals surface area contributed by atoms with Crippen molar-refractivity contribution in [2.45, 2.75) is 116 Å². The maximum absolute atomic E-state index is 12.4. The number of carbonyl (C=O) groups is 1. The van der Waals surface area contributed by atoms with Gasteiger partial charge in [0.15, 0.2) is 0 Å². The third-order valence-corrected chi connectivity index (χ3v) is 6.51. The van der Waals surface area contributed by atoms with Crippen LogP contribution in [0.5, 0.6) is 0 Å². The topological polar surface area (TPSA) is 20.3 Å². The molecule has 1 saturated heterocycles. The summed E-state index contributed by atoms with van der Waals surface area (Å²) in [5.41, 5.74) is 0. The molecular formula is C25H51IN2O. The lowest BCUT2D eigenvalue weighted by atomic mass is 10.0. The lowest BCUT2D eigenvalue weighted by Gasteiger charge is -2.28. The summed E-state index contributed by atoms with van der Waals surface area (Å²) in [5, 5.41) is 0. The first-order valence-electron chi connectivity index (χ1n) is 12.6. The molecule has 1 aliphatic rings. The number of quaternary nitrogens is 1. The fourth-order valence-electron chi connectivity index (χ4n) is 4.36. The van der Waals surface area contributed by atoms with Gasteiger partial charge in [0.2, 0.25) is 5.91 Å². The second-order valence-corrected chi connectivity index (χ2v) is 9.82. The summed E-state index contributed by atoms with van der Waals surface area (Å²) in [6.45, 7) is 6.51. The Hall–Kier alpha value is 0.160. The van der Waals surface area contributed by atoms with E-state index in [1.165, 1.54) is 96.4 Å². The molecule has 1 amide bonds. The molecule has 0 unspecified atom stereocenters. The van der Waals surface area contributed by atoms with Crippen LogP contribution in [-0.2, 0) is 4.79 Å². The van der Waals surface area contributed by atoms with E-state index in [0.717, 1.165) is 43.4 Å². The Balaban J connectivity index is 0.00000784. The van der Waals surface area contributed by atoms with E-state index in [9.17, 15) is 4.79 Å². The SMILES string of the molecule is CCCCCCCCCCCCCCCCCC(=O)N1CCC[N+](C)(C)CC1.[I-]. The maximum atomic E-state index is 12.4. The molecule has 0 bridgehead atoms. The lowest BCUT2D eigenvalue weighted by Crippen LogP contribution is -3.00. The number of halogens is 1. The van der Waals surface area contributed by atoms with Gasteiger partial charge in [-0.25, -0.2) is 0 Å². The summed E-state index contributed by atoms with van der Waals surface area (Å²) in [5.74, 6) is 0.400. The number of amides is 1. The van der Waals surface area contributed by atoms with Crippen LogP contribution in [0.3, 0.4) is 0 Å². The average Bonchev–Trinajstić information content (AvgIpc) is 2.85. The first kappa shape index (κ1) is 29.2. The van der Waals surface area contributed by atoms with Crippen molar-refractivity contribution in [1.29, 1.82) is 0 Å². The van der Waals surface area contributed by atoms with E-state index in [4.69, 9.17) is 0 Å². The highest BCUT2D eigenvalue weighted by Gasteiger charge is 2.23. The van der Waals surface area contributed by atoms with Gasteiger partial charge in [0.1, 0.15) is 0 Å². The van der Waals surface area contributed by atoms with Crippen molar-refractivity contribution in [1.82, 2.24) is 4.90 Å². The van der Waals surface area contributed by atoms with Crippen LogP contribution in [0, 0.1) is 0 Å². The third-order valence-electron chi connectivity index (χ3n) is 6.51. The van der Waals surface area contributed by atoms with Crippen molar-refractivity contribution >= 4 is 5.91 Å². The molecule has 0 aliphatic carbocycles. The minimum atomic E-state index is 0. The number of carbonyl (C=O) groups excluding carboxylic acids is 1. The largest absolute Gasteiger partial charge is 1.00 e. The monoisotopic (exact) mass is 522 g/mol. The van der Waals surface area contributed by atoms with E-state index in [1.54, 1.807) is 0 Å². The predicted octanol–water partition coefficient (Wildman–Crippen LogP) is 3.56. The first-order chi connectivity index (χ1) is 13.5. The number of likely N-dealkylation sites (N-methyl/N-ethyl adjacent to an activating group) is 1. The minimum absolute atomic E-state index is 0. The molecule has 1 fully saturated rings. The Labute approximate surface area is 200 Å². The molecule has 1 rings (SSSR count). The van der Waals surface area contributed by atoms with Crippen LogP contribution in [0.15, 0.2) is 0 Å². The van der Waals surface area contributed by atoms with Crippen LogP contribution in [-0.4, -0.2) is 55.6 Å². The second-order valence-electron chi connectivity index (χ2n) is 9.82. The average molecular weight is 523 g/mol. The Morgan fingerprint density at radius 3 is 1.62 bits per heavy atom. The number of nitrogens with zero attached hydrogens (tertiary/aromatic N) is 2. The van der Waals surface area contributed by atoms with Crippen LogP contribution >= 0.6 is 0 Å². The Bertz CT molecular complexity index is 387. The Kier molecular flexibility index (Phi) is 19.0. The number of hydrogen-bond donors (Lipinski definition) is 0. The molecule has 0 aromatic heterocycles. The van der Waals surface area contributed by atoms with Crippen LogP contribution < -0.4 is 24.0 Å². The highest BCUT2D eigenvalue weighted by atomic mass is 127. The molecule has 0 saturated carbocycles. The standard InChI is InChI=1S/C25H51N2O.HI/c1-4-5-6-7-8-9-10-11-12-13-14-15-16-17-18-20-25(28)26-21-19-23-27(2,3)24-22-26;/h4-24H2,1-3H3;1H/q+1;/p-1. The van der Waals surface area contributed by atoms with Gasteiger partial charge in [-0.15, -0.1) is 0 Å². The molecule has 1 heterocycles. The summed E-state index contributed by atoms with van der Waals surface area (Å²) in [6, 6.07) is 0. The molecule has 0 spiro atoms. The fourth-order valence-corrected chi connectivity index (χ4v) is 4.36. The highest BCUT2D eigenvalue weighted by molar-refractivity contribution is 5.76. The molecule has 0 aromatic carbocycles. The zero-order valence-electron chi connectivity index (χ0n) is 20.0.